The summed E-state index contributed by atoms with van der Waals surface area (Å²) < 4.78 is 3.90. The van der Waals surface area contributed by atoms with Gasteiger partial charge in [-0.3, -0.25) is 4.68 Å². The Kier molecular flexibility index (Phi) is 3.47. The van der Waals surface area contributed by atoms with Gasteiger partial charge in [0.05, 0.1) is 11.2 Å². The van der Waals surface area contributed by atoms with Crippen molar-refractivity contribution in [1.82, 2.24) is 29.9 Å². The second-order valence-electron chi connectivity index (χ2n) is 4.64. The van der Waals surface area contributed by atoms with Crippen LogP contribution in [0.4, 0.5) is 0 Å². The van der Waals surface area contributed by atoms with E-state index in [-0.39, 0.29) is 0 Å². The number of nitrogens with zero attached hydrogens (tertiary/aromatic N) is 5. The minimum absolute atomic E-state index is 0.637. The molecule has 1 aromatic carbocycles. The summed E-state index contributed by atoms with van der Waals surface area (Å²) >= 11 is 0. The van der Waals surface area contributed by atoms with Gasteiger partial charge in [0.2, 0.25) is 0 Å². The first-order valence-electron chi connectivity index (χ1n) is 6.79. The summed E-state index contributed by atoms with van der Waals surface area (Å²) in [7, 11) is 1.93. The van der Waals surface area contributed by atoms with Crippen LogP contribution in [0, 0.1) is 0 Å². The van der Waals surface area contributed by atoms with Crippen molar-refractivity contribution in [3.05, 3.63) is 42.1 Å². The summed E-state index contributed by atoms with van der Waals surface area (Å²) in [6.07, 6.45) is 1.60. The van der Waals surface area contributed by atoms with Crippen LogP contribution < -0.4 is 5.32 Å². The van der Waals surface area contributed by atoms with Gasteiger partial charge in [0.15, 0.2) is 0 Å². The van der Waals surface area contributed by atoms with Crippen LogP contribution in [0.5, 0.6) is 0 Å². The molecule has 1 N–H and O–H groups in total. The van der Waals surface area contributed by atoms with Crippen LogP contribution in [-0.4, -0.2) is 31.6 Å². The zero-order chi connectivity index (χ0) is 13.9. The number of hydrogen-bond acceptors (Lipinski definition) is 4. The summed E-state index contributed by atoms with van der Waals surface area (Å²) in [6, 6.07) is 8.28. The molecule has 0 atom stereocenters. The van der Waals surface area contributed by atoms with E-state index in [0.717, 1.165) is 30.1 Å². The van der Waals surface area contributed by atoms with E-state index in [1.807, 2.05) is 28.5 Å². The molecule has 0 unspecified atom stereocenters. The number of rotatable bonds is 5. The molecule has 104 valence electrons. The molecule has 0 amide bonds. The van der Waals surface area contributed by atoms with Crippen molar-refractivity contribution in [3.63, 3.8) is 0 Å². The number of para-hydroxylation sites is 1. The van der Waals surface area contributed by atoms with E-state index in [1.54, 1.807) is 6.33 Å². The lowest BCUT2D eigenvalue weighted by Crippen LogP contribution is -2.11. The zero-order valence-corrected chi connectivity index (χ0v) is 11.7. The lowest BCUT2D eigenvalue weighted by atomic mass is 10.2. The van der Waals surface area contributed by atoms with E-state index in [1.165, 1.54) is 5.39 Å². The highest BCUT2D eigenvalue weighted by atomic mass is 15.4. The number of nitrogens with one attached hydrogen (secondary N) is 1. The predicted octanol–water partition coefficient (Wildman–Crippen LogP) is 1.42. The standard InChI is InChI=1S/C14H18N6/c1-3-19-14(16-10-17-19)9-20-13-7-5-4-6-11(13)12(18-20)8-15-2/h4-7,10,15H,3,8-9H2,1-2H3. The Morgan fingerprint density at radius 3 is 2.85 bits per heavy atom. The first-order valence-corrected chi connectivity index (χ1v) is 6.79. The first-order chi connectivity index (χ1) is 9.83. The van der Waals surface area contributed by atoms with Gasteiger partial charge >= 0.3 is 0 Å². The molecule has 3 rings (SSSR count). The molecule has 0 saturated heterocycles. The minimum atomic E-state index is 0.637. The third kappa shape index (κ3) is 2.18. The quantitative estimate of drug-likeness (QED) is 0.761. The summed E-state index contributed by atoms with van der Waals surface area (Å²) in [5.74, 6) is 0.928. The number of aryl methyl sites for hydroxylation is 1. The third-order valence-corrected chi connectivity index (χ3v) is 3.37. The van der Waals surface area contributed by atoms with Crippen molar-refractivity contribution < 1.29 is 0 Å². The Morgan fingerprint density at radius 2 is 2.05 bits per heavy atom. The normalized spacial score (nSPS) is 11.3. The fourth-order valence-electron chi connectivity index (χ4n) is 2.42. The first kappa shape index (κ1) is 12.8. The van der Waals surface area contributed by atoms with Crippen molar-refractivity contribution in [3.8, 4) is 0 Å². The van der Waals surface area contributed by atoms with E-state index in [2.05, 4.69) is 34.5 Å². The van der Waals surface area contributed by atoms with Gasteiger partial charge in [0, 0.05) is 18.5 Å². The summed E-state index contributed by atoms with van der Waals surface area (Å²) in [5.41, 5.74) is 2.19. The summed E-state index contributed by atoms with van der Waals surface area (Å²) in [4.78, 5) is 4.32. The molecule has 0 aliphatic heterocycles. The highest BCUT2D eigenvalue weighted by Crippen LogP contribution is 2.19. The Morgan fingerprint density at radius 1 is 1.20 bits per heavy atom. The Bertz CT molecular complexity index is 711. The molecule has 0 fully saturated rings. The van der Waals surface area contributed by atoms with Crippen molar-refractivity contribution in [2.45, 2.75) is 26.6 Å². The molecule has 0 aliphatic rings. The largest absolute Gasteiger partial charge is 0.314 e. The SMILES string of the molecule is CCn1ncnc1Cn1nc(CNC)c2ccccc21. The van der Waals surface area contributed by atoms with Crippen LogP contribution in [-0.2, 0) is 19.6 Å². The molecule has 2 aromatic heterocycles. The maximum absolute atomic E-state index is 4.70. The van der Waals surface area contributed by atoms with E-state index >= 15 is 0 Å². The lowest BCUT2D eigenvalue weighted by Gasteiger charge is -2.04. The fourth-order valence-corrected chi connectivity index (χ4v) is 2.42. The number of benzene rings is 1. The van der Waals surface area contributed by atoms with Gasteiger partial charge in [-0.2, -0.15) is 10.2 Å². The van der Waals surface area contributed by atoms with Crippen molar-refractivity contribution >= 4 is 10.9 Å². The van der Waals surface area contributed by atoms with Gasteiger partial charge in [0.1, 0.15) is 18.7 Å². The molecule has 3 aromatic rings. The molecule has 20 heavy (non-hydrogen) atoms. The van der Waals surface area contributed by atoms with Gasteiger partial charge in [-0.15, -0.1) is 0 Å². The van der Waals surface area contributed by atoms with E-state index in [9.17, 15) is 0 Å². The topological polar surface area (TPSA) is 60.6 Å². The molecule has 0 radical (unpaired) electrons. The average Bonchev–Trinajstić information content (AvgIpc) is 3.06. The highest BCUT2D eigenvalue weighted by Gasteiger charge is 2.11. The van der Waals surface area contributed by atoms with Crippen molar-refractivity contribution in [2.24, 2.45) is 0 Å². The van der Waals surface area contributed by atoms with Crippen molar-refractivity contribution in [2.75, 3.05) is 7.05 Å². The molecular formula is C14H18N6. The Balaban J connectivity index is 2.03. The molecule has 6 nitrogen and oxygen atoms in total. The van der Waals surface area contributed by atoms with Gasteiger partial charge < -0.3 is 5.32 Å². The number of fused-ring (bicyclic) bond motifs is 1. The number of aromatic nitrogens is 5. The number of hydrogen-bond donors (Lipinski definition) is 1. The summed E-state index contributed by atoms with van der Waals surface area (Å²) in [5, 5.41) is 13.3. The zero-order valence-electron chi connectivity index (χ0n) is 11.7. The van der Waals surface area contributed by atoms with E-state index in [0.29, 0.717) is 6.54 Å². The highest BCUT2D eigenvalue weighted by molar-refractivity contribution is 5.81. The molecule has 0 saturated carbocycles. The predicted molar refractivity (Wildman–Crippen MR) is 77.3 cm³/mol. The Hall–Kier alpha value is -2.21. The molecule has 0 spiro atoms. The molecular weight excluding hydrogens is 252 g/mol. The molecule has 2 heterocycles. The third-order valence-electron chi connectivity index (χ3n) is 3.37. The maximum Gasteiger partial charge on any atom is 0.148 e. The van der Waals surface area contributed by atoms with Crippen LogP contribution in [0.3, 0.4) is 0 Å². The monoisotopic (exact) mass is 270 g/mol. The second kappa shape index (κ2) is 5.42. The van der Waals surface area contributed by atoms with E-state index in [4.69, 9.17) is 5.10 Å². The van der Waals surface area contributed by atoms with Crippen LogP contribution in [0.15, 0.2) is 30.6 Å². The van der Waals surface area contributed by atoms with Crippen LogP contribution >= 0.6 is 0 Å². The smallest absolute Gasteiger partial charge is 0.148 e. The van der Waals surface area contributed by atoms with Crippen LogP contribution in [0.1, 0.15) is 18.4 Å². The second-order valence-corrected chi connectivity index (χ2v) is 4.64. The Labute approximate surface area is 117 Å². The maximum atomic E-state index is 4.70. The van der Waals surface area contributed by atoms with Gasteiger partial charge in [-0.05, 0) is 20.0 Å². The van der Waals surface area contributed by atoms with E-state index < -0.39 is 0 Å². The van der Waals surface area contributed by atoms with Crippen molar-refractivity contribution in [1.29, 1.82) is 0 Å². The molecule has 6 heteroatoms. The lowest BCUT2D eigenvalue weighted by molar-refractivity contribution is 0.571. The van der Waals surface area contributed by atoms with Crippen LogP contribution in [0.25, 0.3) is 10.9 Å². The van der Waals surface area contributed by atoms with Gasteiger partial charge in [-0.1, -0.05) is 18.2 Å². The average molecular weight is 270 g/mol. The van der Waals surface area contributed by atoms with Crippen LogP contribution in [0.2, 0.25) is 0 Å². The fraction of sp³-hybridized carbons (Fsp3) is 0.357. The minimum Gasteiger partial charge on any atom is -0.314 e. The summed E-state index contributed by atoms with van der Waals surface area (Å²) in [6.45, 7) is 4.27. The molecule has 0 bridgehead atoms. The van der Waals surface area contributed by atoms with Gasteiger partial charge in [0.25, 0.3) is 0 Å². The van der Waals surface area contributed by atoms with Gasteiger partial charge in [-0.25, -0.2) is 9.67 Å². The molecule has 0 aliphatic carbocycles.